The van der Waals surface area contributed by atoms with Gasteiger partial charge in [-0.15, -0.1) is 0 Å². The minimum atomic E-state index is -0.0139. The van der Waals surface area contributed by atoms with Gasteiger partial charge in [0.05, 0.1) is 19.3 Å². The van der Waals surface area contributed by atoms with Crippen LogP contribution in [-0.4, -0.2) is 37.3 Å². The Kier molecular flexibility index (Phi) is 8.85. The van der Waals surface area contributed by atoms with E-state index in [9.17, 15) is 4.79 Å². The van der Waals surface area contributed by atoms with Gasteiger partial charge in [-0.05, 0) is 43.6 Å². The van der Waals surface area contributed by atoms with Crippen molar-refractivity contribution >= 4 is 5.91 Å². The maximum atomic E-state index is 12.0. The maximum absolute atomic E-state index is 12.0. The lowest BCUT2D eigenvalue weighted by molar-refractivity contribution is -0.173. The Morgan fingerprint density at radius 2 is 2.13 bits per heavy atom. The molecular weight excluding hydrogens is 290 g/mol. The molecule has 1 heterocycles. The number of amides is 1. The van der Waals surface area contributed by atoms with Crippen LogP contribution in [0.15, 0.2) is 12.2 Å². The van der Waals surface area contributed by atoms with Gasteiger partial charge in [0.1, 0.15) is 0 Å². The Morgan fingerprint density at radius 3 is 2.74 bits per heavy atom. The third-order valence-electron chi connectivity index (χ3n) is 4.86. The van der Waals surface area contributed by atoms with Crippen molar-refractivity contribution in [3.8, 4) is 0 Å². The second-order valence-corrected chi connectivity index (χ2v) is 7.09. The van der Waals surface area contributed by atoms with E-state index in [0.717, 1.165) is 32.1 Å². The lowest BCUT2D eigenvalue weighted by Crippen LogP contribution is -2.31. The van der Waals surface area contributed by atoms with Crippen molar-refractivity contribution in [1.82, 2.24) is 5.06 Å². The van der Waals surface area contributed by atoms with E-state index in [1.54, 1.807) is 7.05 Å². The Balaban J connectivity index is 2.31. The first-order valence-electron chi connectivity index (χ1n) is 9.03. The second-order valence-electron chi connectivity index (χ2n) is 7.09. The van der Waals surface area contributed by atoms with Crippen molar-refractivity contribution in [2.24, 2.45) is 11.8 Å². The Labute approximate surface area is 142 Å². The van der Waals surface area contributed by atoms with E-state index >= 15 is 0 Å². The van der Waals surface area contributed by atoms with Gasteiger partial charge >= 0.3 is 0 Å². The predicted octanol–water partition coefficient (Wildman–Crippen LogP) is 4.35. The van der Waals surface area contributed by atoms with Crippen LogP contribution in [0.2, 0.25) is 0 Å². The number of unbranched alkanes of at least 4 members (excludes halogenated alkanes) is 1. The van der Waals surface area contributed by atoms with Gasteiger partial charge in [-0.1, -0.05) is 40.2 Å². The Bertz CT molecular complexity index is 383. The highest BCUT2D eigenvalue weighted by atomic mass is 16.7. The summed E-state index contributed by atoms with van der Waals surface area (Å²) in [5.74, 6) is 0.519. The van der Waals surface area contributed by atoms with E-state index in [1.165, 1.54) is 30.6 Å². The lowest BCUT2D eigenvalue weighted by atomic mass is 9.91. The fourth-order valence-corrected chi connectivity index (χ4v) is 3.33. The lowest BCUT2D eigenvalue weighted by Gasteiger charge is -2.22. The summed E-state index contributed by atoms with van der Waals surface area (Å²) < 4.78 is 6.14. The third-order valence-corrected chi connectivity index (χ3v) is 4.86. The standard InChI is InChI=1S/C19H35NO3/c1-7-8-9-17-13-15(3)18(23-17)11-10-14(2)12-16(4)19(21)20(5)22-6/h14,16-18H,3,7-13H2,1-2,4-6H3/t14-,16-,17+,18?/m1/s1. The number of rotatable bonds is 10. The average Bonchev–Trinajstić information content (AvgIpc) is 2.89. The summed E-state index contributed by atoms with van der Waals surface area (Å²) in [7, 11) is 3.18. The molecule has 4 atom stereocenters. The molecule has 1 unspecified atom stereocenters. The van der Waals surface area contributed by atoms with Crippen LogP contribution in [0, 0.1) is 11.8 Å². The highest BCUT2D eigenvalue weighted by Crippen LogP contribution is 2.31. The fraction of sp³-hybridized carbons (Fsp3) is 0.842. The first kappa shape index (κ1) is 20.2. The average molecular weight is 325 g/mol. The van der Waals surface area contributed by atoms with Gasteiger partial charge < -0.3 is 4.74 Å². The second kappa shape index (κ2) is 10.1. The van der Waals surface area contributed by atoms with Crippen molar-refractivity contribution < 1.29 is 14.4 Å². The number of hydrogen-bond acceptors (Lipinski definition) is 3. The molecule has 0 saturated carbocycles. The monoisotopic (exact) mass is 325 g/mol. The number of hydroxylamine groups is 2. The van der Waals surface area contributed by atoms with E-state index in [0.29, 0.717) is 12.0 Å². The highest BCUT2D eigenvalue weighted by molar-refractivity contribution is 5.77. The van der Waals surface area contributed by atoms with E-state index < -0.39 is 0 Å². The zero-order valence-electron chi connectivity index (χ0n) is 15.6. The molecule has 134 valence electrons. The summed E-state index contributed by atoms with van der Waals surface area (Å²) in [6.07, 6.45) is 8.17. The molecule has 0 aromatic heterocycles. The van der Waals surface area contributed by atoms with E-state index in [2.05, 4.69) is 20.4 Å². The molecule has 1 rings (SSSR count). The Morgan fingerprint density at radius 1 is 1.43 bits per heavy atom. The van der Waals surface area contributed by atoms with Crippen LogP contribution in [0.5, 0.6) is 0 Å². The third kappa shape index (κ3) is 6.64. The van der Waals surface area contributed by atoms with E-state index in [4.69, 9.17) is 9.57 Å². The maximum Gasteiger partial charge on any atom is 0.248 e. The van der Waals surface area contributed by atoms with Gasteiger partial charge in [-0.2, -0.15) is 0 Å². The quantitative estimate of drug-likeness (QED) is 0.443. The molecule has 1 saturated heterocycles. The summed E-state index contributed by atoms with van der Waals surface area (Å²) in [6, 6.07) is 0. The summed E-state index contributed by atoms with van der Waals surface area (Å²) in [5.41, 5.74) is 1.25. The van der Waals surface area contributed by atoms with Gasteiger partial charge in [0.2, 0.25) is 5.91 Å². The van der Waals surface area contributed by atoms with Crippen molar-refractivity contribution in [3.63, 3.8) is 0 Å². The minimum Gasteiger partial charge on any atom is -0.370 e. The number of nitrogens with zero attached hydrogens (tertiary/aromatic N) is 1. The molecule has 0 bridgehead atoms. The smallest absolute Gasteiger partial charge is 0.248 e. The molecule has 0 spiro atoms. The highest BCUT2D eigenvalue weighted by Gasteiger charge is 2.28. The molecule has 0 radical (unpaired) electrons. The van der Waals surface area contributed by atoms with Gasteiger partial charge in [0.25, 0.3) is 0 Å². The van der Waals surface area contributed by atoms with Crippen molar-refractivity contribution in [1.29, 1.82) is 0 Å². The first-order valence-corrected chi connectivity index (χ1v) is 9.03. The molecule has 0 aromatic carbocycles. The largest absolute Gasteiger partial charge is 0.370 e. The number of hydrogen-bond donors (Lipinski definition) is 0. The SMILES string of the molecule is C=C1C[C@H](CCCC)OC1CC[C@@H](C)C[C@@H](C)C(=O)N(C)OC. The topological polar surface area (TPSA) is 38.8 Å². The molecular formula is C19H35NO3. The molecule has 0 N–H and O–H groups in total. The van der Waals surface area contributed by atoms with Crippen molar-refractivity contribution in [2.45, 2.75) is 77.9 Å². The summed E-state index contributed by atoms with van der Waals surface area (Å²) in [5, 5.41) is 1.32. The molecule has 4 nitrogen and oxygen atoms in total. The van der Waals surface area contributed by atoms with Crippen LogP contribution in [-0.2, 0) is 14.4 Å². The van der Waals surface area contributed by atoms with Crippen LogP contribution < -0.4 is 0 Å². The van der Waals surface area contributed by atoms with Crippen molar-refractivity contribution in [3.05, 3.63) is 12.2 Å². The molecule has 23 heavy (non-hydrogen) atoms. The molecule has 1 amide bonds. The van der Waals surface area contributed by atoms with Crippen LogP contribution in [0.4, 0.5) is 0 Å². The zero-order valence-corrected chi connectivity index (χ0v) is 15.6. The predicted molar refractivity (Wildman–Crippen MR) is 93.9 cm³/mol. The van der Waals surface area contributed by atoms with Crippen LogP contribution in [0.1, 0.15) is 65.7 Å². The molecule has 4 heteroatoms. The van der Waals surface area contributed by atoms with Crippen LogP contribution in [0.3, 0.4) is 0 Å². The molecule has 0 aliphatic carbocycles. The molecule has 0 aromatic rings. The molecule has 1 aliphatic rings. The Hall–Kier alpha value is -0.870. The minimum absolute atomic E-state index is 0.0139. The van der Waals surface area contributed by atoms with E-state index in [-0.39, 0.29) is 17.9 Å². The van der Waals surface area contributed by atoms with Crippen LogP contribution >= 0.6 is 0 Å². The zero-order chi connectivity index (χ0) is 17.4. The van der Waals surface area contributed by atoms with Gasteiger partial charge in [-0.3, -0.25) is 9.63 Å². The number of carbonyl (C=O) groups excluding carboxylic acids is 1. The van der Waals surface area contributed by atoms with E-state index in [1.807, 2.05) is 6.92 Å². The summed E-state index contributed by atoms with van der Waals surface area (Å²) in [4.78, 5) is 17.0. The van der Waals surface area contributed by atoms with Gasteiger partial charge in [0.15, 0.2) is 0 Å². The molecule has 1 fully saturated rings. The van der Waals surface area contributed by atoms with Gasteiger partial charge in [-0.25, -0.2) is 5.06 Å². The summed E-state index contributed by atoms with van der Waals surface area (Å²) >= 11 is 0. The van der Waals surface area contributed by atoms with Crippen LogP contribution in [0.25, 0.3) is 0 Å². The summed E-state index contributed by atoms with van der Waals surface area (Å²) in [6.45, 7) is 10.6. The number of ether oxygens (including phenoxy) is 1. The van der Waals surface area contributed by atoms with Gasteiger partial charge in [0, 0.05) is 13.0 Å². The normalized spacial score (nSPS) is 23.8. The van der Waals surface area contributed by atoms with Crippen molar-refractivity contribution in [2.75, 3.05) is 14.2 Å². The first-order chi connectivity index (χ1) is 10.9. The molecule has 1 aliphatic heterocycles. The fourth-order valence-electron chi connectivity index (χ4n) is 3.33. The number of carbonyl (C=O) groups is 1.